The lowest BCUT2D eigenvalue weighted by Crippen LogP contribution is -3.00. The van der Waals surface area contributed by atoms with Gasteiger partial charge in [-0.25, -0.2) is 0 Å². The molecule has 1 N–H and O–H groups in total. The van der Waals surface area contributed by atoms with Crippen molar-refractivity contribution in [3.63, 3.8) is 0 Å². The normalized spacial score (nSPS) is 13.7. The van der Waals surface area contributed by atoms with Gasteiger partial charge in [-0.05, 0) is 36.2 Å². The van der Waals surface area contributed by atoms with E-state index in [2.05, 4.69) is 17.4 Å². The van der Waals surface area contributed by atoms with Gasteiger partial charge in [-0.1, -0.05) is 0 Å². The van der Waals surface area contributed by atoms with Crippen molar-refractivity contribution in [1.29, 1.82) is 0 Å². The number of methoxy groups -OCH3 is 2. The molecular weight excluding hydrogens is 214 g/mol. The van der Waals surface area contributed by atoms with Crippen LogP contribution in [-0.4, -0.2) is 20.8 Å². The fourth-order valence-corrected chi connectivity index (χ4v) is 1.81. The van der Waals surface area contributed by atoms with Crippen molar-refractivity contribution in [2.75, 3.05) is 20.8 Å². The Morgan fingerprint density at radius 1 is 1.07 bits per heavy atom. The zero-order chi connectivity index (χ0) is 9.97. The Morgan fingerprint density at radius 2 is 1.67 bits per heavy atom. The fraction of sp³-hybridized carbons (Fsp3) is 0.455. The molecule has 0 aliphatic carbocycles. The summed E-state index contributed by atoms with van der Waals surface area (Å²) in [6, 6.07) is 4.13. The maximum Gasteiger partial charge on any atom is 0.161 e. The maximum atomic E-state index is 5.26. The van der Waals surface area contributed by atoms with E-state index >= 15 is 0 Å². The maximum absolute atomic E-state index is 5.26. The van der Waals surface area contributed by atoms with Crippen LogP contribution in [0.2, 0.25) is 0 Å². The van der Waals surface area contributed by atoms with Gasteiger partial charge in [0.25, 0.3) is 0 Å². The van der Waals surface area contributed by atoms with E-state index in [1.165, 1.54) is 11.1 Å². The Bertz CT molecular complexity index is 297. The first kappa shape index (κ1) is 12.1. The lowest BCUT2D eigenvalue weighted by Gasteiger charge is -2.19. The highest BCUT2D eigenvalue weighted by molar-refractivity contribution is 5.48. The number of fused-ring (bicyclic) bond motifs is 1. The first-order valence-electron chi connectivity index (χ1n) is 4.79. The largest absolute Gasteiger partial charge is 1.00 e. The predicted octanol–water partition coefficient (Wildman–Crippen LogP) is -1.65. The summed E-state index contributed by atoms with van der Waals surface area (Å²) in [6.45, 7) is 1.97. The first-order chi connectivity index (χ1) is 6.85. The highest BCUT2D eigenvalue weighted by atomic mass is 35.5. The van der Waals surface area contributed by atoms with Crippen LogP contribution in [-0.2, 0) is 13.0 Å². The quantitative estimate of drug-likeness (QED) is 0.659. The average molecular weight is 229 g/mol. The molecule has 1 aliphatic heterocycles. The topological polar surface area (TPSA) is 30.5 Å². The molecule has 1 aromatic carbocycles. The molecule has 0 spiro atoms. The first-order valence-corrected chi connectivity index (χ1v) is 4.79. The zero-order valence-electron chi connectivity index (χ0n) is 8.97. The lowest BCUT2D eigenvalue weighted by atomic mass is 10.0. The number of hydrogen-bond donors (Lipinski definition) is 1. The summed E-state index contributed by atoms with van der Waals surface area (Å²) in [5.74, 6) is 1.64. The number of rotatable bonds is 2. The van der Waals surface area contributed by atoms with E-state index in [1.807, 2.05) is 0 Å². The summed E-state index contributed by atoms with van der Waals surface area (Å²) in [7, 11) is 3.34. The fourth-order valence-electron chi connectivity index (χ4n) is 1.81. The van der Waals surface area contributed by atoms with Crippen molar-refractivity contribution in [2.24, 2.45) is 0 Å². The van der Waals surface area contributed by atoms with E-state index in [0.29, 0.717) is 0 Å². The van der Waals surface area contributed by atoms with Crippen LogP contribution in [0.1, 0.15) is 11.1 Å². The van der Waals surface area contributed by atoms with Crippen LogP contribution >= 0.6 is 0 Å². The standard InChI is InChI=1S/C11H15NO2.ClH/c1-13-10-5-8-3-4-12-7-9(8)6-11(10)14-2;/h5-6,12H,3-4,7H2,1-2H3;1H/p-1. The number of hydrogen-bond acceptors (Lipinski definition) is 3. The zero-order valence-corrected chi connectivity index (χ0v) is 9.73. The molecule has 0 saturated heterocycles. The van der Waals surface area contributed by atoms with Gasteiger partial charge in [-0.2, -0.15) is 0 Å². The molecule has 0 unspecified atom stereocenters. The summed E-state index contributed by atoms with van der Waals surface area (Å²) in [5, 5.41) is 3.33. The van der Waals surface area contributed by atoms with Crippen LogP contribution in [0.3, 0.4) is 0 Å². The summed E-state index contributed by atoms with van der Waals surface area (Å²) < 4.78 is 10.5. The third-order valence-electron chi connectivity index (χ3n) is 2.59. The molecular formula is C11H15ClNO2-. The van der Waals surface area contributed by atoms with E-state index in [-0.39, 0.29) is 12.4 Å². The number of benzene rings is 1. The molecule has 84 valence electrons. The summed E-state index contributed by atoms with van der Waals surface area (Å²) in [5.41, 5.74) is 2.68. The van der Waals surface area contributed by atoms with Gasteiger partial charge in [0.1, 0.15) is 0 Å². The van der Waals surface area contributed by atoms with Crippen molar-refractivity contribution < 1.29 is 21.9 Å². The molecule has 1 aromatic rings. The number of halogens is 1. The average Bonchev–Trinajstić information content (AvgIpc) is 2.27. The second-order valence-electron chi connectivity index (χ2n) is 3.40. The Kier molecular flexibility index (Phi) is 4.24. The number of ether oxygens (including phenoxy) is 2. The minimum absolute atomic E-state index is 0. The van der Waals surface area contributed by atoms with Crippen molar-refractivity contribution >= 4 is 0 Å². The molecule has 1 aliphatic rings. The van der Waals surface area contributed by atoms with Crippen LogP contribution in [0, 0.1) is 0 Å². The van der Waals surface area contributed by atoms with Crippen LogP contribution in [0.15, 0.2) is 12.1 Å². The Labute approximate surface area is 96.2 Å². The molecule has 0 amide bonds. The third kappa shape index (κ3) is 2.36. The van der Waals surface area contributed by atoms with Crippen molar-refractivity contribution in [3.05, 3.63) is 23.3 Å². The molecule has 0 bridgehead atoms. The minimum atomic E-state index is 0. The van der Waals surface area contributed by atoms with Gasteiger partial charge in [-0.3, -0.25) is 0 Å². The van der Waals surface area contributed by atoms with Gasteiger partial charge in [0.15, 0.2) is 11.5 Å². The molecule has 0 atom stereocenters. The summed E-state index contributed by atoms with van der Waals surface area (Å²) in [6.07, 6.45) is 1.07. The second-order valence-corrected chi connectivity index (χ2v) is 3.40. The monoisotopic (exact) mass is 228 g/mol. The van der Waals surface area contributed by atoms with Crippen LogP contribution in [0.25, 0.3) is 0 Å². The molecule has 0 fully saturated rings. The summed E-state index contributed by atoms with van der Waals surface area (Å²) >= 11 is 0. The van der Waals surface area contributed by atoms with Crippen LogP contribution in [0.5, 0.6) is 11.5 Å². The van der Waals surface area contributed by atoms with Gasteiger partial charge in [0.2, 0.25) is 0 Å². The minimum Gasteiger partial charge on any atom is -1.00 e. The smallest absolute Gasteiger partial charge is 0.161 e. The SMILES string of the molecule is COc1cc2c(cc1OC)CNCC2.[Cl-]. The third-order valence-corrected chi connectivity index (χ3v) is 2.59. The molecule has 2 rings (SSSR count). The van der Waals surface area contributed by atoms with E-state index in [1.54, 1.807) is 14.2 Å². The highest BCUT2D eigenvalue weighted by Gasteiger charge is 2.13. The van der Waals surface area contributed by atoms with Gasteiger partial charge in [0.05, 0.1) is 14.2 Å². The molecule has 0 saturated carbocycles. The van der Waals surface area contributed by atoms with Gasteiger partial charge < -0.3 is 27.2 Å². The predicted molar refractivity (Wildman–Crippen MR) is 55.0 cm³/mol. The van der Waals surface area contributed by atoms with E-state index < -0.39 is 0 Å². The molecule has 15 heavy (non-hydrogen) atoms. The molecule has 3 nitrogen and oxygen atoms in total. The second kappa shape index (κ2) is 5.24. The van der Waals surface area contributed by atoms with E-state index in [4.69, 9.17) is 9.47 Å². The Hall–Kier alpha value is -0.930. The Balaban J connectivity index is 0.00000112. The van der Waals surface area contributed by atoms with Crippen molar-refractivity contribution in [3.8, 4) is 11.5 Å². The van der Waals surface area contributed by atoms with Crippen LogP contribution < -0.4 is 27.2 Å². The molecule has 1 heterocycles. The molecule has 0 aromatic heterocycles. The molecule has 0 radical (unpaired) electrons. The van der Waals surface area contributed by atoms with Gasteiger partial charge >= 0.3 is 0 Å². The van der Waals surface area contributed by atoms with E-state index in [9.17, 15) is 0 Å². The van der Waals surface area contributed by atoms with Gasteiger partial charge in [-0.15, -0.1) is 0 Å². The van der Waals surface area contributed by atoms with Crippen molar-refractivity contribution in [2.45, 2.75) is 13.0 Å². The lowest BCUT2D eigenvalue weighted by molar-refractivity contribution is -0.00000345. The van der Waals surface area contributed by atoms with Crippen molar-refractivity contribution in [1.82, 2.24) is 5.32 Å². The van der Waals surface area contributed by atoms with Crippen LogP contribution in [0.4, 0.5) is 0 Å². The highest BCUT2D eigenvalue weighted by Crippen LogP contribution is 2.31. The Morgan fingerprint density at radius 3 is 2.27 bits per heavy atom. The molecule has 4 heteroatoms. The van der Waals surface area contributed by atoms with Gasteiger partial charge in [0, 0.05) is 6.54 Å². The van der Waals surface area contributed by atoms with E-state index in [0.717, 1.165) is 31.0 Å². The number of nitrogens with one attached hydrogen (secondary N) is 1. The summed E-state index contributed by atoms with van der Waals surface area (Å²) in [4.78, 5) is 0.